The van der Waals surface area contributed by atoms with Crippen molar-refractivity contribution in [1.82, 2.24) is 0 Å². The van der Waals surface area contributed by atoms with Crippen LogP contribution in [0.4, 0.5) is 0 Å². The SMILES string of the molecule is CCCCOC1=C(OCCCC)[C@@H]([C@@H](O)CO[Si](C)(C)C(C)(C)C)OC1=O. The zero-order valence-electron chi connectivity index (χ0n) is 18.1. The summed E-state index contributed by atoms with van der Waals surface area (Å²) in [5.41, 5.74) is 0. The molecule has 0 fully saturated rings. The van der Waals surface area contributed by atoms with Gasteiger partial charge in [-0.1, -0.05) is 47.5 Å². The minimum Gasteiger partial charge on any atom is -0.490 e. The second-order valence-corrected chi connectivity index (χ2v) is 13.4. The van der Waals surface area contributed by atoms with E-state index in [2.05, 4.69) is 40.8 Å². The van der Waals surface area contributed by atoms with Gasteiger partial charge >= 0.3 is 5.97 Å². The van der Waals surface area contributed by atoms with Crippen molar-refractivity contribution in [3.8, 4) is 0 Å². The Labute approximate surface area is 165 Å². The van der Waals surface area contributed by atoms with E-state index in [4.69, 9.17) is 18.6 Å². The van der Waals surface area contributed by atoms with E-state index < -0.39 is 26.5 Å². The summed E-state index contributed by atoms with van der Waals surface area (Å²) in [6.07, 6.45) is 1.74. The van der Waals surface area contributed by atoms with Crippen molar-refractivity contribution in [2.24, 2.45) is 0 Å². The van der Waals surface area contributed by atoms with Crippen LogP contribution in [0.3, 0.4) is 0 Å². The zero-order chi connectivity index (χ0) is 20.7. The van der Waals surface area contributed by atoms with Crippen LogP contribution in [0.1, 0.15) is 60.3 Å². The number of carbonyl (C=O) groups excluding carboxylic acids is 1. The molecule has 6 nitrogen and oxygen atoms in total. The van der Waals surface area contributed by atoms with Crippen LogP contribution < -0.4 is 0 Å². The largest absolute Gasteiger partial charge is 0.490 e. The van der Waals surface area contributed by atoms with Crippen molar-refractivity contribution >= 4 is 14.3 Å². The van der Waals surface area contributed by atoms with Gasteiger partial charge in [-0.3, -0.25) is 0 Å². The summed E-state index contributed by atoms with van der Waals surface area (Å²) in [5, 5.41) is 10.7. The molecule has 1 N–H and O–H groups in total. The van der Waals surface area contributed by atoms with Crippen molar-refractivity contribution in [3.05, 3.63) is 11.5 Å². The molecule has 7 heteroatoms. The van der Waals surface area contributed by atoms with E-state index in [0.717, 1.165) is 25.7 Å². The van der Waals surface area contributed by atoms with Crippen LogP contribution in [0.25, 0.3) is 0 Å². The molecule has 1 aliphatic rings. The van der Waals surface area contributed by atoms with Gasteiger partial charge < -0.3 is 23.7 Å². The number of aliphatic hydroxyl groups is 1. The Bertz CT molecular complexity index is 509. The van der Waals surface area contributed by atoms with E-state index >= 15 is 0 Å². The molecule has 0 bridgehead atoms. The molecule has 2 atom stereocenters. The maximum atomic E-state index is 12.3. The molecule has 27 heavy (non-hydrogen) atoms. The number of unbranched alkanes of at least 4 members (excludes halogenated alkanes) is 2. The number of cyclic esters (lactones) is 1. The van der Waals surface area contributed by atoms with Crippen LogP contribution >= 0.6 is 0 Å². The second kappa shape index (κ2) is 10.5. The summed E-state index contributed by atoms with van der Waals surface area (Å²) in [4.78, 5) is 12.3. The molecule has 0 spiro atoms. The third-order valence-electron chi connectivity index (χ3n) is 5.17. The minimum absolute atomic E-state index is 0.0315. The first-order chi connectivity index (χ1) is 12.5. The molecule has 0 aromatic rings. The first-order valence-electron chi connectivity index (χ1n) is 10.1. The number of carbonyl (C=O) groups is 1. The van der Waals surface area contributed by atoms with Crippen molar-refractivity contribution in [3.63, 3.8) is 0 Å². The van der Waals surface area contributed by atoms with Gasteiger partial charge in [-0.05, 0) is 31.0 Å². The predicted octanol–water partition coefficient (Wildman–Crippen LogP) is 4.14. The summed E-state index contributed by atoms with van der Waals surface area (Å²) in [5.74, 6) is -0.180. The lowest BCUT2D eigenvalue weighted by Gasteiger charge is -2.37. The molecule has 1 heterocycles. The molecule has 0 aromatic heterocycles. The highest BCUT2D eigenvalue weighted by atomic mass is 28.4. The van der Waals surface area contributed by atoms with E-state index in [1.807, 2.05) is 6.92 Å². The number of hydrogen-bond donors (Lipinski definition) is 1. The molecule has 1 aliphatic heterocycles. The average Bonchev–Trinajstić information content (AvgIpc) is 2.89. The molecular formula is C20H38O6Si. The Balaban J connectivity index is 2.86. The Morgan fingerprint density at radius 1 is 1.11 bits per heavy atom. The summed E-state index contributed by atoms with van der Waals surface area (Å²) < 4.78 is 22.9. The number of ether oxygens (including phenoxy) is 3. The number of aliphatic hydroxyl groups excluding tert-OH is 1. The first kappa shape index (κ1) is 24.0. The van der Waals surface area contributed by atoms with Crippen molar-refractivity contribution in [1.29, 1.82) is 0 Å². The molecule has 0 saturated heterocycles. The van der Waals surface area contributed by atoms with Crippen molar-refractivity contribution in [2.45, 2.75) is 90.6 Å². The van der Waals surface area contributed by atoms with Gasteiger partial charge in [-0.2, -0.15) is 0 Å². The molecule has 1 rings (SSSR count). The number of hydrogen-bond acceptors (Lipinski definition) is 6. The topological polar surface area (TPSA) is 74.2 Å². The van der Waals surface area contributed by atoms with Gasteiger partial charge in [0.05, 0.1) is 19.8 Å². The van der Waals surface area contributed by atoms with E-state index in [1.165, 1.54) is 0 Å². The van der Waals surface area contributed by atoms with Crippen LogP contribution in [0.2, 0.25) is 18.1 Å². The molecule has 0 unspecified atom stereocenters. The standard InChI is InChI=1S/C20H38O6Si/c1-8-10-12-23-17-16(26-19(22)18(17)24-13-11-9-2)15(21)14-25-27(6,7)20(3,4)5/h15-16,21H,8-14H2,1-7H3/t15-,16+/m0/s1. The smallest absolute Gasteiger partial charge is 0.378 e. The lowest BCUT2D eigenvalue weighted by Crippen LogP contribution is -2.45. The lowest BCUT2D eigenvalue weighted by molar-refractivity contribution is -0.148. The highest BCUT2D eigenvalue weighted by Crippen LogP contribution is 2.37. The highest BCUT2D eigenvalue weighted by Gasteiger charge is 2.44. The van der Waals surface area contributed by atoms with Gasteiger partial charge in [0.15, 0.2) is 20.2 Å². The number of rotatable bonds is 12. The monoisotopic (exact) mass is 402 g/mol. The lowest BCUT2D eigenvalue weighted by atomic mass is 10.2. The Morgan fingerprint density at radius 2 is 1.67 bits per heavy atom. The summed E-state index contributed by atoms with van der Waals surface area (Å²) in [6.45, 7) is 15.7. The van der Waals surface area contributed by atoms with Gasteiger partial charge in [-0.25, -0.2) is 4.79 Å². The fourth-order valence-corrected chi connectivity index (χ4v) is 3.25. The maximum Gasteiger partial charge on any atom is 0.378 e. The van der Waals surface area contributed by atoms with Crippen molar-refractivity contribution < 1.29 is 28.5 Å². The molecule has 0 amide bonds. The maximum absolute atomic E-state index is 12.3. The van der Waals surface area contributed by atoms with Gasteiger partial charge in [0, 0.05) is 0 Å². The summed E-state index contributed by atoms with van der Waals surface area (Å²) in [7, 11) is -2.02. The van der Waals surface area contributed by atoms with Crippen LogP contribution in [-0.2, 0) is 23.4 Å². The Kier molecular flexibility index (Phi) is 9.31. The van der Waals surface area contributed by atoms with E-state index in [-0.39, 0.29) is 17.4 Å². The van der Waals surface area contributed by atoms with E-state index in [0.29, 0.717) is 19.0 Å². The average molecular weight is 403 g/mol. The normalized spacial score (nSPS) is 19.3. The van der Waals surface area contributed by atoms with Gasteiger partial charge in [0.1, 0.15) is 6.10 Å². The van der Waals surface area contributed by atoms with Crippen LogP contribution in [0.5, 0.6) is 0 Å². The third-order valence-corrected chi connectivity index (χ3v) is 9.67. The summed E-state index contributed by atoms with van der Waals surface area (Å²) in [6, 6.07) is 0. The second-order valence-electron chi connectivity index (χ2n) is 8.56. The molecule has 0 radical (unpaired) electrons. The fourth-order valence-electron chi connectivity index (χ4n) is 2.23. The summed E-state index contributed by atoms with van der Waals surface area (Å²) >= 11 is 0. The van der Waals surface area contributed by atoms with E-state index in [9.17, 15) is 9.90 Å². The van der Waals surface area contributed by atoms with Gasteiger partial charge in [0.2, 0.25) is 5.76 Å². The Hall–Kier alpha value is -1.05. The van der Waals surface area contributed by atoms with Crippen LogP contribution in [0.15, 0.2) is 11.5 Å². The molecule has 0 saturated carbocycles. The fraction of sp³-hybridized carbons (Fsp3) is 0.850. The molecule has 158 valence electrons. The quantitative estimate of drug-likeness (QED) is 0.300. The first-order valence-corrected chi connectivity index (χ1v) is 13.0. The molecule has 0 aliphatic carbocycles. The Morgan fingerprint density at radius 3 is 2.19 bits per heavy atom. The number of esters is 1. The van der Waals surface area contributed by atoms with E-state index in [1.54, 1.807) is 0 Å². The van der Waals surface area contributed by atoms with Gasteiger partial charge in [-0.15, -0.1) is 0 Å². The molecule has 0 aromatic carbocycles. The van der Waals surface area contributed by atoms with Crippen molar-refractivity contribution in [2.75, 3.05) is 19.8 Å². The zero-order valence-corrected chi connectivity index (χ0v) is 19.1. The van der Waals surface area contributed by atoms with Gasteiger partial charge in [0.25, 0.3) is 0 Å². The predicted molar refractivity (Wildman–Crippen MR) is 108 cm³/mol. The minimum atomic E-state index is -2.02. The third kappa shape index (κ3) is 6.80. The highest BCUT2D eigenvalue weighted by molar-refractivity contribution is 6.74. The van der Waals surface area contributed by atoms with Crippen LogP contribution in [-0.4, -0.2) is 51.4 Å². The van der Waals surface area contributed by atoms with Crippen LogP contribution in [0, 0.1) is 0 Å². The molecular weight excluding hydrogens is 364 g/mol.